The van der Waals surface area contributed by atoms with Crippen LogP contribution in [0.25, 0.3) is 0 Å². The molecule has 0 saturated carbocycles. The zero-order chi connectivity index (χ0) is 15.2. The summed E-state index contributed by atoms with van der Waals surface area (Å²) in [5.41, 5.74) is 16.6. The number of nitrogens with zero attached hydrogens (tertiary/aromatic N) is 4. The third kappa shape index (κ3) is 5.04. The highest BCUT2D eigenvalue weighted by Crippen LogP contribution is 2.26. The quantitative estimate of drug-likeness (QED) is 0.430. The fraction of sp³-hybridized carbons (Fsp3) is 0. The van der Waals surface area contributed by atoms with Gasteiger partial charge in [-0.05, 0) is 52.0 Å². The molecule has 2 aromatic rings. The molecule has 0 saturated heterocycles. The number of guanidine groups is 2. The Hall–Kier alpha value is -2.13. The number of aliphatic imine (C=N–C) groups is 2. The second-order valence-electron chi connectivity index (χ2n) is 3.79. The first kappa shape index (κ1) is 15.3. The molecule has 1 aromatic heterocycles. The predicted molar refractivity (Wildman–Crippen MR) is 87.4 cm³/mol. The van der Waals surface area contributed by atoms with Gasteiger partial charge in [0.2, 0.25) is 5.96 Å². The van der Waals surface area contributed by atoms with Gasteiger partial charge in [0.25, 0.3) is 0 Å². The summed E-state index contributed by atoms with van der Waals surface area (Å²) in [4.78, 5) is 17.1. The van der Waals surface area contributed by atoms with Gasteiger partial charge in [-0.25, -0.2) is 15.0 Å². The van der Waals surface area contributed by atoms with E-state index in [1.54, 1.807) is 24.5 Å². The van der Waals surface area contributed by atoms with Crippen molar-refractivity contribution in [1.82, 2.24) is 9.97 Å². The minimum absolute atomic E-state index is 0.00615. The van der Waals surface area contributed by atoms with E-state index in [-0.39, 0.29) is 11.9 Å². The number of rotatable bonds is 3. The lowest BCUT2D eigenvalue weighted by Gasteiger charge is -2.01. The maximum Gasteiger partial charge on any atom is 0.223 e. The van der Waals surface area contributed by atoms with Gasteiger partial charge in [-0.2, -0.15) is 4.99 Å². The molecule has 0 aliphatic heterocycles. The maximum absolute atomic E-state index is 5.56. The van der Waals surface area contributed by atoms with Crippen LogP contribution in [0.1, 0.15) is 0 Å². The lowest BCUT2D eigenvalue weighted by atomic mass is 10.3. The van der Waals surface area contributed by atoms with Crippen molar-refractivity contribution in [2.75, 3.05) is 0 Å². The molecule has 1 aromatic carbocycles. The topological polar surface area (TPSA) is 129 Å². The van der Waals surface area contributed by atoms with Crippen LogP contribution >= 0.6 is 27.7 Å². The van der Waals surface area contributed by atoms with Crippen molar-refractivity contribution < 1.29 is 0 Å². The van der Waals surface area contributed by atoms with Gasteiger partial charge >= 0.3 is 0 Å². The van der Waals surface area contributed by atoms with Gasteiger partial charge in [0, 0.05) is 17.3 Å². The van der Waals surface area contributed by atoms with Gasteiger partial charge in [0.15, 0.2) is 11.1 Å². The normalized spacial score (nSPS) is 11.2. The molecule has 0 spiro atoms. The molecular weight excluding hydrogens is 354 g/mol. The average Bonchev–Trinajstić information content (AvgIpc) is 2.42. The molecule has 108 valence electrons. The molecule has 7 nitrogen and oxygen atoms in total. The summed E-state index contributed by atoms with van der Waals surface area (Å²) >= 11 is 4.74. The van der Waals surface area contributed by atoms with Crippen molar-refractivity contribution in [1.29, 1.82) is 0 Å². The van der Waals surface area contributed by atoms with Crippen LogP contribution in [0, 0.1) is 0 Å². The fourth-order valence-corrected chi connectivity index (χ4v) is 2.24. The van der Waals surface area contributed by atoms with Crippen molar-refractivity contribution in [3.05, 3.63) is 41.1 Å². The second kappa shape index (κ2) is 7.04. The van der Waals surface area contributed by atoms with Crippen LogP contribution in [0.5, 0.6) is 0 Å². The van der Waals surface area contributed by atoms with E-state index in [0.717, 1.165) is 9.37 Å². The van der Waals surface area contributed by atoms with E-state index in [0.29, 0.717) is 10.8 Å². The summed E-state index contributed by atoms with van der Waals surface area (Å²) in [6.07, 6.45) is 3.40. The van der Waals surface area contributed by atoms with E-state index in [1.807, 2.05) is 12.1 Å². The summed E-state index contributed by atoms with van der Waals surface area (Å²) in [5.74, 6) is -0.123. The van der Waals surface area contributed by atoms with Crippen molar-refractivity contribution >= 4 is 45.3 Å². The Kier molecular flexibility index (Phi) is 5.12. The molecule has 1 heterocycles. The predicted octanol–water partition coefficient (Wildman–Crippen LogP) is 1.61. The highest BCUT2D eigenvalue weighted by atomic mass is 79.9. The van der Waals surface area contributed by atoms with Crippen LogP contribution in [0.3, 0.4) is 0 Å². The smallest absolute Gasteiger partial charge is 0.223 e. The van der Waals surface area contributed by atoms with Crippen molar-refractivity contribution in [2.24, 2.45) is 27.2 Å². The monoisotopic (exact) mass is 365 g/mol. The van der Waals surface area contributed by atoms with E-state index in [2.05, 4.69) is 35.9 Å². The Labute approximate surface area is 133 Å². The van der Waals surface area contributed by atoms with Crippen LogP contribution in [0.2, 0.25) is 0 Å². The lowest BCUT2D eigenvalue weighted by Crippen LogP contribution is -2.26. The van der Waals surface area contributed by atoms with Gasteiger partial charge < -0.3 is 17.2 Å². The second-order valence-corrected chi connectivity index (χ2v) is 5.74. The third-order valence-electron chi connectivity index (χ3n) is 2.13. The summed E-state index contributed by atoms with van der Waals surface area (Å²) in [6, 6.07) is 7.38. The van der Waals surface area contributed by atoms with Gasteiger partial charge in [-0.3, -0.25) is 0 Å². The zero-order valence-electron chi connectivity index (χ0n) is 10.8. The standard InChI is InChI=1S/C12H12BrN7S/c13-7-5-17-12(18-6-7)21-9-3-1-8(2-4-9)19-11(16)20-10(14)15/h1-6H,(H6,14,15,16,19,20). The molecule has 0 amide bonds. The zero-order valence-corrected chi connectivity index (χ0v) is 13.2. The number of nitrogens with two attached hydrogens (primary N) is 3. The van der Waals surface area contributed by atoms with Crippen LogP contribution in [-0.2, 0) is 0 Å². The average molecular weight is 366 g/mol. The van der Waals surface area contributed by atoms with Gasteiger partial charge in [-0.1, -0.05) is 0 Å². The summed E-state index contributed by atoms with van der Waals surface area (Å²) in [6.45, 7) is 0. The first-order valence-electron chi connectivity index (χ1n) is 5.72. The maximum atomic E-state index is 5.56. The Morgan fingerprint density at radius 3 is 2.24 bits per heavy atom. The Morgan fingerprint density at radius 1 is 1.05 bits per heavy atom. The Balaban J connectivity index is 2.08. The van der Waals surface area contributed by atoms with E-state index in [9.17, 15) is 0 Å². The van der Waals surface area contributed by atoms with Crippen LogP contribution in [0.4, 0.5) is 5.69 Å². The van der Waals surface area contributed by atoms with Crippen molar-refractivity contribution in [3.63, 3.8) is 0 Å². The molecule has 2 rings (SSSR count). The Bertz CT molecular complexity index is 663. The number of aromatic nitrogens is 2. The number of halogens is 1. The number of benzene rings is 1. The SMILES string of the molecule is NC(N)=NC(N)=Nc1ccc(Sc2ncc(Br)cn2)cc1. The van der Waals surface area contributed by atoms with E-state index in [4.69, 9.17) is 17.2 Å². The minimum Gasteiger partial charge on any atom is -0.370 e. The molecule has 0 unspecified atom stereocenters. The highest BCUT2D eigenvalue weighted by molar-refractivity contribution is 9.10. The number of hydrogen-bond donors (Lipinski definition) is 3. The number of hydrogen-bond acceptors (Lipinski definition) is 4. The molecule has 6 N–H and O–H groups in total. The van der Waals surface area contributed by atoms with E-state index < -0.39 is 0 Å². The van der Waals surface area contributed by atoms with Gasteiger partial charge in [0.05, 0.1) is 10.2 Å². The molecule has 0 atom stereocenters. The molecule has 21 heavy (non-hydrogen) atoms. The molecule has 0 aliphatic carbocycles. The van der Waals surface area contributed by atoms with E-state index >= 15 is 0 Å². The van der Waals surface area contributed by atoms with Crippen LogP contribution in [-0.4, -0.2) is 21.9 Å². The lowest BCUT2D eigenvalue weighted by molar-refractivity contribution is 0.958. The van der Waals surface area contributed by atoms with Gasteiger partial charge in [-0.15, -0.1) is 0 Å². The summed E-state index contributed by atoms with van der Waals surface area (Å²) in [5, 5.41) is 0.662. The third-order valence-corrected chi connectivity index (χ3v) is 3.44. The molecule has 0 bridgehead atoms. The summed E-state index contributed by atoms with van der Waals surface area (Å²) < 4.78 is 0.840. The van der Waals surface area contributed by atoms with Crippen molar-refractivity contribution in [2.45, 2.75) is 10.1 Å². The van der Waals surface area contributed by atoms with Crippen LogP contribution in [0.15, 0.2) is 61.2 Å². The molecule has 0 fully saturated rings. The van der Waals surface area contributed by atoms with E-state index in [1.165, 1.54) is 11.8 Å². The largest absolute Gasteiger partial charge is 0.370 e. The highest BCUT2D eigenvalue weighted by Gasteiger charge is 2.01. The first-order chi connectivity index (χ1) is 10.0. The van der Waals surface area contributed by atoms with Gasteiger partial charge in [0.1, 0.15) is 0 Å². The molecular formula is C12H12BrN7S. The van der Waals surface area contributed by atoms with Crippen molar-refractivity contribution in [3.8, 4) is 0 Å². The van der Waals surface area contributed by atoms with Crippen LogP contribution < -0.4 is 17.2 Å². The molecule has 0 aliphatic rings. The Morgan fingerprint density at radius 2 is 1.67 bits per heavy atom. The molecule has 9 heteroatoms. The minimum atomic E-state index is -0.129. The fourth-order valence-electron chi connectivity index (χ4n) is 1.34. The summed E-state index contributed by atoms with van der Waals surface area (Å²) in [7, 11) is 0. The molecule has 0 radical (unpaired) electrons. The first-order valence-corrected chi connectivity index (χ1v) is 7.33.